The Morgan fingerprint density at radius 1 is 1.06 bits per heavy atom. The number of pyridine rings is 1. The molecule has 0 aliphatic carbocycles. The number of halogens is 3. The average Bonchev–Trinajstić information content (AvgIpc) is 2.27. The predicted molar refractivity (Wildman–Crippen MR) is 60.3 cm³/mol. The molecule has 0 aliphatic rings. The molecule has 2 aromatic rings. The standard InChI is InChI=1S/C10H8N.BF3.K/c1-8-6-7-9-4-2-3-5-10(9)11-8;2-1(3)4;/h2-7H,1H2;;. The first-order chi connectivity index (χ1) is 7.63. The zero-order valence-corrected chi connectivity index (χ0v) is 12.0. The first-order valence-electron chi connectivity index (χ1n) is 4.90. The van der Waals surface area contributed by atoms with Crippen LogP contribution in [-0.4, -0.2) is 61.5 Å². The Hall–Kier alpha value is 0.121. The van der Waals surface area contributed by atoms with Crippen LogP contribution in [0.2, 0.25) is 0 Å². The Kier molecular flexibility index (Phi) is 6.60. The van der Waals surface area contributed by atoms with Gasteiger partial charge in [-0.25, -0.2) is 0 Å². The van der Waals surface area contributed by atoms with E-state index < -0.39 is 7.54 Å². The Bertz CT molecular complexity index is 450. The summed E-state index contributed by atoms with van der Waals surface area (Å²) in [6.45, 7) is 0. The molecule has 16 heavy (non-hydrogen) atoms. The fourth-order valence-corrected chi connectivity index (χ4v) is 1.92. The quantitative estimate of drug-likeness (QED) is 0.708. The summed E-state index contributed by atoms with van der Waals surface area (Å²) < 4.78 is 30.2. The van der Waals surface area contributed by atoms with Crippen LogP contribution in [0, 0.1) is 0 Å². The van der Waals surface area contributed by atoms with Crippen molar-refractivity contribution in [1.82, 2.24) is 4.98 Å². The summed E-state index contributed by atoms with van der Waals surface area (Å²) in [6.07, 6.45) is 0. The molecule has 0 amide bonds. The van der Waals surface area contributed by atoms with Crippen LogP contribution >= 0.6 is 0 Å². The Labute approximate surface area is 126 Å². The molecule has 0 N–H and O–H groups in total. The molecule has 0 unspecified atom stereocenters. The minimum atomic E-state index is -3.67. The second kappa shape index (κ2) is 7.45. The molecule has 1 aromatic heterocycles. The summed E-state index contributed by atoms with van der Waals surface area (Å²) in [6, 6.07) is 12.5. The normalized spacial score (nSPS) is 9.56. The van der Waals surface area contributed by atoms with E-state index in [0.717, 1.165) is 54.5 Å². The molecule has 1 aromatic carbocycles. The number of hydrogen-bond donors (Lipinski definition) is 0. The third-order valence-corrected chi connectivity index (χ3v) is 3.15. The minimum absolute atomic E-state index is 0.864. The van der Waals surface area contributed by atoms with E-state index in [1.54, 1.807) is 0 Å². The monoisotopic (exact) mass is 249 g/mol. The van der Waals surface area contributed by atoms with E-state index in [1.807, 2.05) is 12.1 Å². The van der Waals surface area contributed by atoms with Gasteiger partial charge in [0.1, 0.15) is 0 Å². The molecule has 0 spiro atoms. The van der Waals surface area contributed by atoms with Crippen LogP contribution in [0.5, 0.6) is 0 Å². The number of para-hydroxylation sites is 1. The number of hydrogen-bond acceptors (Lipinski definition) is 1. The van der Waals surface area contributed by atoms with Gasteiger partial charge in [-0.05, 0) is 0 Å². The molecule has 0 radical (unpaired) electrons. The van der Waals surface area contributed by atoms with Crippen LogP contribution in [0.4, 0.5) is 12.9 Å². The van der Waals surface area contributed by atoms with Crippen LogP contribution in [0.1, 0.15) is 5.69 Å². The van der Waals surface area contributed by atoms with Gasteiger partial charge in [0, 0.05) is 0 Å². The van der Waals surface area contributed by atoms with Crippen molar-refractivity contribution in [2.24, 2.45) is 0 Å². The van der Waals surface area contributed by atoms with Gasteiger partial charge in [0.25, 0.3) is 0 Å². The SMILES string of the molecule is FB(F)F.[K][CH2]c1ccc2ccccc2n1. The Morgan fingerprint density at radius 2 is 1.69 bits per heavy atom. The first-order valence-corrected chi connectivity index (χ1v) is 7.11. The van der Waals surface area contributed by atoms with Gasteiger partial charge in [0.2, 0.25) is 0 Å². The molecule has 2 rings (SSSR count). The first kappa shape index (κ1) is 14.2. The van der Waals surface area contributed by atoms with Gasteiger partial charge in [0.05, 0.1) is 0 Å². The van der Waals surface area contributed by atoms with Gasteiger partial charge in [-0.2, -0.15) is 0 Å². The zero-order chi connectivity index (χ0) is 12.0. The summed E-state index contributed by atoms with van der Waals surface area (Å²) >= 11 is 0.864. The van der Waals surface area contributed by atoms with Crippen molar-refractivity contribution >= 4 is 67.4 Å². The fourth-order valence-electron chi connectivity index (χ4n) is 1.31. The van der Waals surface area contributed by atoms with Crippen molar-refractivity contribution in [3.63, 3.8) is 0 Å². The average molecular weight is 249 g/mol. The van der Waals surface area contributed by atoms with Crippen LogP contribution in [0.25, 0.3) is 10.9 Å². The Morgan fingerprint density at radius 3 is 2.31 bits per heavy atom. The summed E-state index contributed by atoms with van der Waals surface area (Å²) in [5.41, 5.74) is 2.37. The number of rotatable bonds is 1. The molecule has 0 atom stereocenters. The van der Waals surface area contributed by atoms with E-state index in [4.69, 9.17) is 0 Å². The molecule has 6 heteroatoms. The predicted octanol–water partition coefficient (Wildman–Crippen LogP) is 2.78. The van der Waals surface area contributed by atoms with Gasteiger partial charge < -0.3 is 0 Å². The van der Waals surface area contributed by atoms with Gasteiger partial charge in [0.15, 0.2) is 0 Å². The van der Waals surface area contributed by atoms with E-state index in [-0.39, 0.29) is 0 Å². The molecule has 0 saturated carbocycles. The van der Waals surface area contributed by atoms with Crippen molar-refractivity contribution in [1.29, 1.82) is 0 Å². The zero-order valence-electron chi connectivity index (χ0n) is 8.83. The number of aromatic nitrogens is 1. The van der Waals surface area contributed by atoms with Gasteiger partial charge in [-0.3, -0.25) is 12.9 Å². The molecule has 1 heterocycles. The maximum atomic E-state index is 9.67. The number of fused-ring (bicyclic) bond motifs is 1. The maximum absolute atomic E-state index is 9.67. The van der Waals surface area contributed by atoms with Crippen molar-refractivity contribution < 1.29 is 12.9 Å². The molecule has 0 saturated heterocycles. The van der Waals surface area contributed by atoms with Crippen LogP contribution in [0.3, 0.4) is 0 Å². The van der Waals surface area contributed by atoms with E-state index in [2.05, 4.69) is 29.2 Å². The van der Waals surface area contributed by atoms with E-state index >= 15 is 0 Å². The summed E-state index contributed by atoms with van der Waals surface area (Å²) in [5, 5.41) is 1.24. The fraction of sp³-hybridized carbons (Fsp3) is 0.100. The molecule has 0 aliphatic heterocycles. The Balaban J connectivity index is 0.000000280. The molecule has 0 fully saturated rings. The summed E-state index contributed by atoms with van der Waals surface area (Å²) in [5.74, 6) is 0. The third kappa shape index (κ3) is 4.97. The third-order valence-electron chi connectivity index (χ3n) is 2.02. The summed E-state index contributed by atoms with van der Waals surface area (Å²) in [4.78, 5) is 4.54. The molecule has 1 nitrogen and oxygen atoms in total. The van der Waals surface area contributed by atoms with Crippen LogP contribution < -0.4 is 0 Å². The van der Waals surface area contributed by atoms with Crippen molar-refractivity contribution in [2.45, 2.75) is 0.515 Å². The second-order valence-corrected chi connectivity index (χ2v) is 4.20. The van der Waals surface area contributed by atoms with Gasteiger partial charge in [-0.15, -0.1) is 0 Å². The molecular weight excluding hydrogens is 241 g/mol. The van der Waals surface area contributed by atoms with Crippen molar-refractivity contribution in [3.8, 4) is 0 Å². The summed E-state index contributed by atoms with van der Waals surface area (Å²) in [7, 11) is -3.67. The van der Waals surface area contributed by atoms with Gasteiger partial charge in [-0.1, -0.05) is 0 Å². The van der Waals surface area contributed by atoms with Crippen molar-refractivity contribution in [2.75, 3.05) is 0 Å². The van der Waals surface area contributed by atoms with Gasteiger partial charge >= 0.3 is 115 Å². The number of nitrogens with zero attached hydrogens (tertiary/aromatic N) is 1. The van der Waals surface area contributed by atoms with Crippen LogP contribution in [0.15, 0.2) is 36.4 Å². The molecule has 0 bridgehead atoms. The van der Waals surface area contributed by atoms with Crippen LogP contribution in [-0.2, 0) is 0.515 Å². The topological polar surface area (TPSA) is 12.9 Å². The van der Waals surface area contributed by atoms with E-state index in [9.17, 15) is 12.9 Å². The molecular formula is C10H8BF3KN. The second-order valence-electron chi connectivity index (χ2n) is 3.10. The molecule has 78 valence electrons. The van der Waals surface area contributed by atoms with Crippen molar-refractivity contribution in [3.05, 3.63) is 42.1 Å². The number of benzene rings is 1. The van der Waals surface area contributed by atoms with E-state index in [0.29, 0.717) is 0 Å². The van der Waals surface area contributed by atoms with E-state index in [1.165, 1.54) is 11.6 Å².